The highest BCUT2D eigenvalue weighted by Crippen LogP contribution is 1.97. The minimum atomic E-state index is -1.53. The lowest BCUT2D eigenvalue weighted by Crippen LogP contribution is -2.55. The Labute approximate surface area is 58.5 Å². The molecule has 0 bridgehead atoms. The Morgan fingerprint density at radius 1 is 1.50 bits per heavy atom. The monoisotopic (exact) mass is 148 g/mol. The summed E-state index contributed by atoms with van der Waals surface area (Å²) < 4.78 is 4.29. The molecule has 0 aromatic carbocycles. The second-order valence-electron chi connectivity index (χ2n) is 1.91. The van der Waals surface area contributed by atoms with Crippen molar-refractivity contribution >= 4 is 6.09 Å². The number of ether oxygens (including phenoxy) is 1. The molecule has 6 nitrogen and oxygen atoms in total. The maximum atomic E-state index is 10.1. The van der Waals surface area contributed by atoms with Crippen LogP contribution < -0.4 is 22.9 Å². The van der Waals surface area contributed by atoms with E-state index in [1.54, 1.807) is 0 Å². The Bertz CT molecular complexity index is 124. The molecule has 0 saturated heterocycles. The Morgan fingerprint density at radius 2 is 2.00 bits per heavy atom. The number of primary amides is 1. The number of hydrogen-bond acceptors (Lipinski definition) is 5. The number of nitrogens with two attached hydrogens (primary N) is 4. The van der Waals surface area contributed by atoms with E-state index in [4.69, 9.17) is 17.2 Å². The van der Waals surface area contributed by atoms with Gasteiger partial charge in [-0.05, 0) is 6.54 Å². The second-order valence-corrected chi connectivity index (χ2v) is 1.91. The lowest BCUT2D eigenvalue weighted by atomic mass is 10.3. The van der Waals surface area contributed by atoms with Gasteiger partial charge in [0.25, 0.3) is 0 Å². The Hall–Kier alpha value is -0.850. The highest BCUT2D eigenvalue weighted by atomic mass is 16.6. The summed E-state index contributed by atoms with van der Waals surface area (Å²) in [4.78, 5) is 10.1. The van der Waals surface area contributed by atoms with Gasteiger partial charge in [0.1, 0.15) is 0 Å². The van der Waals surface area contributed by atoms with E-state index in [-0.39, 0.29) is 13.0 Å². The molecule has 60 valence electrons. The number of carbonyl (C=O) groups is 1. The molecule has 0 rings (SSSR count). The Balaban J connectivity index is 3.74. The lowest BCUT2D eigenvalue weighted by Gasteiger charge is -2.21. The van der Waals surface area contributed by atoms with Crippen LogP contribution in [0.2, 0.25) is 0 Å². The van der Waals surface area contributed by atoms with Gasteiger partial charge in [-0.15, -0.1) is 0 Å². The first kappa shape index (κ1) is 9.15. The summed E-state index contributed by atoms with van der Waals surface area (Å²) >= 11 is 0. The molecule has 0 fully saturated rings. The van der Waals surface area contributed by atoms with Gasteiger partial charge in [-0.1, -0.05) is 0 Å². The van der Waals surface area contributed by atoms with Gasteiger partial charge in [0.15, 0.2) is 0 Å². The summed E-state index contributed by atoms with van der Waals surface area (Å²) in [5, 5.41) is 0. The molecule has 0 unspecified atom stereocenters. The molecular weight excluding hydrogens is 136 g/mol. The van der Waals surface area contributed by atoms with Crippen LogP contribution in [0.1, 0.15) is 6.42 Å². The van der Waals surface area contributed by atoms with E-state index in [0.717, 1.165) is 0 Å². The average molecular weight is 148 g/mol. The molecule has 8 N–H and O–H groups in total. The summed E-state index contributed by atoms with van der Waals surface area (Å²) in [7, 11) is 0. The molecule has 6 heteroatoms. The molecule has 0 aliphatic heterocycles. The first-order valence-corrected chi connectivity index (χ1v) is 2.74. The van der Waals surface area contributed by atoms with E-state index in [1.165, 1.54) is 0 Å². The number of rotatable bonds is 3. The van der Waals surface area contributed by atoms with Crippen molar-refractivity contribution in [3.8, 4) is 0 Å². The fourth-order valence-corrected chi connectivity index (χ4v) is 0.464. The van der Waals surface area contributed by atoms with Crippen LogP contribution in [0.3, 0.4) is 0 Å². The molecule has 0 aromatic rings. The molecule has 0 aliphatic rings. The fraction of sp³-hybridized carbons (Fsp3) is 0.750. The second kappa shape index (κ2) is 3.35. The lowest BCUT2D eigenvalue weighted by molar-refractivity contribution is 0.0216. The molecule has 0 spiro atoms. The van der Waals surface area contributed by atoms with E-state index in [1.807, 2.05) is 0 Å². The van der Waals surface area contributed by atoms with Gasteiger partial charge in [-0.25, -0.2) is 4.79 Å². The van der Waals surface area contributed by atoms with Crippen LogP contribution in [0, 0.1) is 0 Å². The van der Waals surface area contributed by atoms with Crippen LogP contribution in [0.25, 0.3) is 0 Å². The van der Waals surface area contributed by atoms with Crippen molar-refractivity contribution in [2.24, 2.45) is 22.9 Å². The van der Waals surface area contributed by atoms with Crippen LogP contribution in [0.4, 0.5) is 4.79 Å². The van der Waals surface area contributed by atoms with Crippen LogP contribution in [-0.2, 0) is 4.74 Å². The quantitative estimate of drug-likeness (QED) is 0.344. The SMILES string of the molecule is NCCC(N)(N)OC(N)=O. The number of hydrogen-bond donors (Lipinski definition) is 4. The van der Waals surface area contributed by atoms with Crippen molar-refractivity contribution in [1.82, 2.24) is 0 Å². The third-order valence-electron chi connectivity index (χ3n) is 0.826. The Kier molecular flexibility index (Phi) is 3.07. The molecule has 0 aromatic heterocycles. The molecule has 0 atom stereocenters. The van der Waals surface area contributed by atoms with Gasteiger partial charge in [0.05, 0.1) is 0 Å². The normalized spacial score (nSPS) is 11.1. The van der Waals surface area contributed by atoms with Crippen molar-refractivity contribution in [3.05, 3.63) is 0 Å². The summed E-state index contributed by atoms with van der Waals surface area (Å²) in [5.74, 6) is -1.53. The van der Waals surface area contributed by atoms with Gasteiger partial charge in [-0.2, -0.15) is 0 Å². The summed E-state index contributed by atoms with van der Waals surface area (Å²) in [6.07, 6.45) is -0.825. The van der Waals surface area contributed by atoms with E-state index in [2.05, 4.69) is 10.5 Å². The maximum absolute atomic E-state index is 10.1. The van der Waals surface area contributed by atoms with E-state index in [9.17, 15) is 4.79 Å². The highest BCUT2D eigenvalue weighted by Gasteiger charge is 2.21. The summed E-state index contributed by atoms with van der Waals surface area (Å²) in [6, 6.07) is 0. The number of amides is 1. The van der Waals surface area contributed by atoms with Crippen LogP contribution in [0.15, 0.2) is 0 Å². The van der Waals surface area contributed by atoms with Crippen molar-refractivity contribution in [1.29, 1.82) is 0 Å². The van der Waals surface area contributed by atoms with Crippen LogP contribution >= 0.6 is 0 Å². The van der Waals surface area contributed by atoms with Crippen molar-refractivity contribution in [3.63, 3.8) is 0 Å². The molecule has 0 heterocycles. The van der Waals surface area contributed by atoms with Crippen molar-refractivity contribution in [2.45, 2.75) is 12.3 Å². The highest BCUT2D eigenvalue weighted by molar-refractivity contribution is 5.65. The largest absolute Gasteiger partial charge is 0.415 e. The van der Waals surface area contributed by atoms with Gasteiger partial charge < -0.3 is 16.2 Å². The first-order chi connectivity index (χ1) is 4.48. The smallest absolute Gasteiger partial charge is 0.407 e. The predicted molar refractivity (Wildman–Crippen MR) is 35.4 cm³/mol. The zero-order valence-corrected chi connectivity index (χ0v) is 5.54. The fourth-order valence-electron chi connectivity index (χ4n) is 0.464. The summed E-state index contributed by atoms with van der Waals surface area (Å²) in [5.41, 5.74) is 20.2. The topological polar surface area (TPSA) is 130 Å². The first-order valence-electron chi connectivity index (χ1n) is 2.74. The van der Waals surface area contributed by atoms with Gasteiger partial charge in [0, 0.05) is 6.42 Å². The molecule has 0 aliphatic carbocycles. The van der Waals surface area contributed by atoms with Gasteiger partial charge in [0.2, 0.25) is 5.85 Å². The van der Waals surface area contributed by atoms with Crippen LogP contribution in [-0.4, -0.2) is 18.5 Å². The van der Waals surface area contributed by atoms with E-state index in [0.29, 0.717) is 0 Å². The minimum absolute atomic E-state index is 0.177. The third kappa shape index (κ3) is 4.07. The number of carbonyl (C=O) groups excluding carboxylic acids is 1. The van der Waals surface area contributed by atoms with Crippen molar-refractivity contribution < 1.29 is 9.53 Å². The molecular formula is C4H12N4O2. The molecule has 1 amide bonds. The summed E-state index contributed by atoms with van der Waals surface area (Å²) in [6.45, 7) is 0.236. The molecule has 0 radical (unpaired) electrons. The predicted octanol–water partition coefficient (Wildman–Crippen LogP) is -2.00. The van der Waals surface area contributed by atoms with Crippen molar-refractivity contribution in [2.75, 3.05) is 6.54 Å². The molecule has 0 saturated carbocycles. The minimum Gasteiger partial charge on any atom is -0.415 e. The maximum Gasteiger partial charge on any atom is 0.407 e. The van der Waals surface area contributed by atoms with E-state index < -0.39 is 11.9 Å². The zero-order valence-electron chi connectivity index (χ0n) is 5.54. The zero-order chi connectivity index (χ0) is 8.20. The van der Waals surface area contributed by atoms with E-state index >= 15 is 0 Å². The van der Waals surface area contributed by atoms with Gasteiger partial charge >= 0.3 is 6.09 Å². The third-order valence-corrected chi connectivity index (χ3v) is 0.826. The van der Waals surface area contributed by atoms with Gasteiger partial charge in [-0.3, -0.25) is 11.5 Å². The Morgan fingerprint density at radius 3 is 2.30 bits per heavy atom. The molecule has 10 heavy (non-hydrogen) atoms. The van der Waals surface area contributed by atoms with Crippen LogP contribution in [0.5, 0.6) is 0 Å². The standard InChI is InChI=1S/C4H12N4O2/c5-2-1-4(7,8)10-3(6)9/h1-2,5,7-8H2,(H2,6,9). The average Bonchev–Trinajstić information content (AvgIpc) is 1.59.